The third-order valence-corrected chi connectivity index (χ3v) is 2.83. The van der Waals surface area contributed by atoms with Gasteiger partial charge in [-0.25, -0.2) is 0 Å². The van der Waals surface area contributed by atoms with Crippen LogP contribution >= 0.6 is 0 Å². The Morgan fingerprint density at radius 1 is 1.38 bits per heavy atom. The summed E-state index contributed by atoms with van der Waals surface area (Å²) >= 11 is 0. The lowest BCUT2D eigenvalue weighted by atomic mass is 10.1. The molecule has 5 nitrogen and oxygen atoms in total. The molecule has 0 saturated heterocycles. The van der Waals surface area contributed by atoms with Crippen molar-refractivity contribution < 1.29 is 9.53 Å². The van der Waals surface area contributed by atoms with Gasteiger partial charge in [0.15, 0.2) is 0 Å². The molecular weight excluding hydrogens is 266 g/mol. The van der Waals surface area contributed by atoms with Crippen LogP contribution in [0.3, 0.4) is 0 Å². The summed E-state index contributed by atoms with van der Waals surface area (Å²) in [4.78, 5) is 12.2. The largest absolute Gasteiger partial charge is 0.491 e. The van der Waals surface area contributed by atoms with Crippen molar-refractivity contribution in [3.05, 3.63) is 35.5 Å². The van der Waals surface area contributed by atoms with Crippen LogP contribution in [0.2, 0.25) is 0 Å². The molecule has 0 atom stereocenters. The number of carbonyl (C=O) groups excluding carboxylic acids is 1. The molecule has 0 aromatic heterocycles. The molecule has 0 aliphatic rings. The van der Waals surface area contributed by atoms with Crippen LogP contribution in [0.25, 0.3) is 0 Å². The standard InChI is InChI=1S/C16H23N3O2/c1-10(2)21-15-8-6-7-14(11(15)3)19-16(20)13(9-18-5)12(4)17/h6-10,17-18H,1-5H3,(H,19,20)/b13-9+,17-12?. The Morgan fingerprint density at radius 2 is 2.05 bits per heavy atom. The Bertz CT molecular complexity index is 563. The maximum absolute atomic E-state index is 12.2. The molecule has 0 saturated carbocycles. The van der Waals surface area contributed by atoms with Crippen LogP contribution < -0.4 is 15.4 Å². The minimum absolute atomic E-state index is 0.0678. The number of rotatable bonds is 6. The summed E-state index contributed by atoms with van der Waals surface area (Å²) in [7, 11) is 1.69. The van der Waals surface area contributed by atoms with E-state index in [4.69, 9.17) is 10.1 Å². The van der Waals surface area contributed by atoms with Crippen molar-refractivity contribution in [3.8, 4) is 5.75 Å². The number of carbonyl (C=O) groups is 1. The molecule has 5 heteroatoms. The highest BCUT2D eigenvalue weighted by atomic mass is 16.5. The average Bonchev–Trinajstić information content (AvgIpc) is 2.39. The fourth-order valence-electron chi connectivity index (χ4n) is 1.81. The van der Waals surface area contributed by atoms with E-state index in [1.165, 1.54) is 6.20 Å². The normalized spacial score (nSPS) is 11.2. The molecule has 0 spiro atoms. The molecule has 0 fully saturated rings. The second-order valence-electron chi connectivity index (χ2n) is 5.02. The fraction of sp³-hybridized carbons (Fsp3) is 0.375. The van der Waals surface area contributed by atoms with E-state index in [9.17, 15) is 4.79 Å². The Hall–Kier alpha value is -2.30. The summed E-state index contributed by atoms with van der Waals surface area (Å²) in [5.41, 5.74) is 2.05. The molecule has 1 aromatic rings. The Balaban J connectivity index is 3.00. The number of hydrogen-bond donors (Lipinski definition) is 3. The zero-order valence-electron chi connectivity index (χ0n) is 13.2. The van der Waals surface area contributed by atoms with E-state index in [0.29, 0.717) is 11.3 Å². The summed E-state index contributed by atoms with van der Waals surface area (Å²) in [6.45, 7) is 7.38. The van der Waals surface area contributed by atoms with Crippen LogP contribution in [0.4, 0.5) is 5.69 Å². The van der Waals surface area contributed by atoms with E-state index in [-0.39, 0.29) is 17.7 Å². The molecule has 0 unspecified atom stereocenters. The minimum atomic E-state index is -0.318. The molecule has 114 valence electrons. The van der Waals surface area contributed by atoms with Gasteiger partial charge < -0.3 is 20.8 Å². The minimum Gasteiger partial charge on any atom is -0.491 e. The molecule has 21 heavy (non-hydrogen) atoms. The van der Waals surface area contributed by atoms with Crippen molar-refractivity contribution in [2.75, 3.05) is 12.4 Å². The average molecular weight is 289 g/mol. The number of ether oxygens (including phenoxy) is 1. The van der Waals surface area contributed by atoms with E-state index in [1.54, 1.807) is 14.0 Å². The van der Waals surface area contributed by atoms with Crippen molar-refractivity contribution in [2.24, 2.45) is 0 Å². The first-order valence-electron chi connectivity index (χ1n) is 6.87. The van der Waals surface area contributed by atoms with Crippen LogP contribution in [0.1, 0.15) is 26.3 Å². The number of benzene rings is 1. The van der Waals surface area contributed by atoms with Crippen molar-refractivity contribution in [3.63, 3.8) is 0 Å². The quantitative estimate of drug-likeness (QED) is 0.557. The first kappa shape index (κ1) is 16.8. The lowest BCUT2D eigenvalue weighted by molar-refractivity contribution is -0.112. The summed E-state index contributed by atoms with van der Waals surface area (Å²) in [6, 6.07) is 5.52. The van der Waals surface area contributed by atoms with Crippen molar-refractivity contribution in [1.82, 2.24) is 5.32 Å². The van der Waals surface area contributed by atoms with Gasteiger partial charge in [-0.05, 0) is 39.8 Å². The predicted molar refractivity (Wildman–Crippen MR) is 86.1 cm³/mol. The van der Waals surface area contributed by atoms with Gasteiger partial charge >= 0.3 is 0 Å². The Morgan fingerprint density at radius 3 is 2.57 bits per heavy atom. The predicted octanol–water partition coefficient (Wildman–Crippen LogP) is 2.86. The summed E-state index contributed by atoms with van der Waals surface area (Å²) < 4.78 is 5.70. The van der Waals surface area contributed by atoms with E-state index in [2.05, 4.69) is 10.6 Å². The molecule has 3 N–H and O–H groups in total. The van der Waals surface area contributed by atoms with Gasteiger partial charge in [0.1, 0.15) is 5.75 Å². The van der Waals surface area contributed by atoms with Crippen molar-refractivity contribution >= 4 is 17.3 Å². The molecule has 1 aromatic carbocycles. The smallest absolute Gasteiger partial charge is 0.258 e. The topological polar surface area (TPSA) is 74.2 Å². The van der Waals surface area contributed by atoms with Crippen LogP contribution in [0.5, 0.6) is 5.75 Å². The van der Waals surface area contributed by atoms with Crippen molar-refractivity contribution in [1.29, 1.82) is 5.41 Å². The number of hydrogen-bond acceptors (Lipinski definition) is 4. The molecular formula is C16H23N3O2. The zero-order chi connectivity index (χ0) is 16.0. The number of nitrogens with one attached hydrogen (secondary N) is 3. The van der Waals surface area contributed by atoms with E-state index in [0.717, 1.165) is 11.3 Å². The SMILES string of the molecule is CN/C=C(\C(C)=N)C(=O)Nc1cccc(OC(C)C)c1C. The summed E-state index contributed by atoms with van der Waals surface area (Å²) in [6.07, 6.45) is 1.58. The lowest BCUT2D eigenvalue weighted by Crippen LogP contribution is -2.21. The molecule has 1 amide bonds. The van der Waals surface area contributed by atoms with Gasteiger partial charge in [-0.1, -0.05) is 6.07 Å². The van der Waals surface area contributed by atoms with Crippen LogP contribution in [-0.2, 0) is 4.79 Å². The molecule has 0 heterocycles. The second-order valence-corrected chi connectivity index (χ2v) is 5.02. The number of anilines is 1. The first-order chi connectivity index (χ1) is 9.86. The van der Waals surface area contributed by atoms with Gasteiger partial charge in [-0.2, -0.15) is 0 Å². The maximum atomic E-state index is 12.2. The van der Waals surface area contributed by atoms with Gasteiger partial charge in [0, 0.05) is 30.2 Å². The fourth-order valence-corrected chi connectivity index (χ4v) is 1.81. The maximum Gasteiger partial charge on any atom is 0.258 e. The highest BCUT2D eigenvalue weighted by molar-refractivity contribution is 6.23. The van der Waals surface area contributed by atoms with Gasteiger partial charge in [0.2, 0.25) is 0 Å². The first-order valence-corrected chi connectivity index (χ1v) is 6.87. The van der Waals surface area contributed by atoms with Gasteiger partial charge in [0.25, 0.3) is 5.91 Å². The van der Waals surface area contributed by atoms with Gasteiger partial charge in [-0.15, -0.1) is 0 Å². The Kier molecular flexibility index (Phi) is 5.96. The third-order valence-electron chi connectivity index (χ3n) is 2.83. The van der Waals surface area contributed by atoms with E-state index >= 15 is 0 Å². The molecule has 0 radical (unpaired) electrons. The highest BCUT2D eigenvalue weighted by Gasteiger charge is 2.14. The third kappa shape index (κ3) is 4.63. The van der Waals surface area contributed by atoms with Crippen LogP contribution in [0.15, 0.2) is 30.0 Å². The second kappa shape index (κ2) is 7.47. The van der Waals surface area contributed by atoms with Gasteiger partial charge in [0.05, 0.1) is 11.7 Å². The molecule has 0 bridgehead atoms. The van der Waals surface area contributed by atoms with Gasteiger partial charge in [-0.3, -0.25) is 4.79 Å². The number of amides is 1. The van der Waals surface area contributed by atoms with Crippen molar-refractivity contribution in [2.45, 2.75) is 33.8 Å². The monoisotopic (exact) mass is 289 g/mol. The van der Waals surface area contributed by atoms with Crippen LogP contribution in [-0.4, -0.2) is 24.8 Å². The van der Waals surface area contributed by atoms with Crippen LogP contribution in [0, 0.1) is 12.3 Å². The lowest BCUT2D eigenvalue weighted by Gasteiger charge is -2.16. The molecule has 0 aliphatic heterocycles. The summed E-state index contributed by atoms with van der Waals surface area (Å²) in [5, 5.41) is 13.2. The Labute approximate surface area is 125 Å². The summed E-state index contributed by atoms with van der Waals surface area (Å²) in [5.74, 6) is 0.426. The highest BCUT2D eigenvalue weighted by Crippen LogP contribution is 2.26. The van der Waals surface area contributed by atoms with E-state index < -0.39 is 0 Å². The zero-order valence-corrected chi connectivity index (χ0v) is 13.2. The molecule has 0 aliphatic carbocycles. The van der Waals surface area contributed by atoms with E-state index in [1.807, 2.05) is 39.0 Å². The molecule has 1 rings (SSSR count).